The second-order valence-corrected chi connectivity index (χ2v) is 16.0. The molecule has 0 bridgehead atoms. The van der Waals surface area contributed by atoms with Gasteiger partial charge in [-0.25, -0.2) is 0 Å². The van der Waals surface area contributed by atoms with Crippen molar-refractivity contribution in [2.45, 2.75) is 0 Å². The Morgan fingerprint density at radius 1 is 0.333 bits per heavy atom. The zero-order valence-corrected chi connectivity index (χ0v) is 34.4. The van der Waals surface area contributed by atoms with E-state index in [1.807, 2.05) is 6.07 Å². The molecule has 0 spiro atoms. The van der Waals surface area contributed by atoms with Crippen LogP contribution in [-0.2, 0) is 0 Å². The van der Waals surface area contributed by atoms with Crippen molar-refractivity contribution in [2.24, 2.45) is 0 Å². The topological polar surface area (TPSA) is 21.3 Å². The summed E-state index contributed by atoms with van der Waals surface area (Å²) in [6.45, 7) is 0. The summed E-state index contributed by atoms with van der Waals surface area (Å²) in [5.74, 6) is 0. The van der Waals surface area contributed by atoms with E-state index in [-0.39, 0.29) is 0 Å². The van der Waals surface area contributed by atoms with Crippen LogP contribution in [-0.4, -0.2) is 4.57 Å². The highest BCUT2D eigenvalue weighted by Crippen LogP contribution is 2.50. The summed E-state index contributed by atoms with van der Waals surface area (Å²) in [4.78, 5) is 2.40. The van der Waals surface area contributed by atoms with Gasteiger partial charge >= 0.3 is 0 Å². The number of hydrogen-bond donors (Lipinski definition) is 0. The summed E-state index contributed by atoms with van der Waals surface area (Å²) in [7, 11) is 0. The Hall–Kier alpha value is -8.40. The van der Waals surface area contributed by atoms with Crippen molar-refractivity contribution < 1.29 is 4.42 Å². The average Bonchev–Trinajstić information content (AvgIpc) is 3.91. The van der Waals surface area contributed by atoms with Crippen LogP contribution >= 0.6 is 0 Å². The number of nitrogens with zero attached hydrogens (tertiary/aromatic N) is 2. The van der Waals surface area contributed by atoms with Crippen LogP contribution in [0, 0.1) is 0 Å². The molecule has 2 aromatic heterocycles. The molecule has 0 amide bonds. The molecule has 0 fully saturated rings. The normalized spacial score (nSPS) is 11.5. The molecule has 0 saturated carbocycles. The summed E-state index contributed by atoms with van der Waals surface area (Å²) in [6, 6.07) is 87.1. The Morgan fingerprint density at radius 3 is 1.67 bits per heavy atom. The summed E-state index contributed by atoms with van der Waals surface area (Å²) >= 11 is 0. The molecule has 0 aliphatic rings. The highest BCUT2D eigenvalue weighted by molar-refractivity contribution is 6.12. The first-order chi connectivity index (χ1) is 31.3. The van der Waals surface area contributed by atoms with E-state index >= 15 is 0 Å². The third-order valence-corrected chi connectivity index (χ3v) is 12.4. The minimum absolute atomic E-state index is 0.842. The predicted octanol–water partition coefficient (Wildman–Crippen LogP) is 16.8. The Kier molecular flexibility index (Phi) is 8.83. The fourth-order valence-electron chi connectivity index (χ4n) is 9.56. The van der Waals surface area contributed by atoms with Crippen LogP contribution in [0.4, 0.5) is 17.1 Å². The van der Waals surface area contributed by atoms with E-state index in [1.54, 1.807) is 0 Å². The lowest BCUT2D eigenvalue weighted by atomic mass is 9.87. The number of anilines is 3. The first-order valence-corrected chi connectivity index (χ1v) is 21.5. The van der Waals surface area contributed by atoms with Crippen LogP contribution < -0.4 is 4.90 Å². The summed E-state index contributed by atoms with van der Waals surface area (Å²) in [5, 5.41) is 4.66. The zero-order chi connectivity index (χ0) is 41.7. The van der Waals surface area contributed by atoms with Crippen LogP contribution in [0.2, 0.25) is 0 Å². The van der Waals surface area contributed by atoms with Crippen molar-refractivity contribution in [2.75, 3.05) is 4.90 Å². The number of hydrogen-bond acceptors (Lipinski definition) is 2. The smallest absolute Gasteiger partial charge is 0.159 e. The molecular formula is C60H40N2O. The summed E-state index contributed by atoms with van der Waals surface area (Å²) in [5.41, 5.74) is 17.5. The Labute approximate surface area is 366 Å². The van der Waals surface area contributed by atoms with Gasteiger partial charge in [0.15, 0.2) is 5.58 Å². The van der Waals surface area contributed by atoms with Gasteiger partial charge in [0, 0.05) is 38.5 Å². The van der Waals surface area contributed by atoms with Gasteiger partial charge in [0.1, 0.15) is 5.58 Å². The lowest BCUT2D eigenvalue weighted by molar-refractivity contribution is 0.669. The molecule has 0 N–H and O–H groups in total. The molecule has 0 atom stereocenters. The fourth-order valence-corrected chi connectivity index (χ4v) is 9.56. The van der Waals surface area contributed by atoms with E-state index in [0.717, 1.165) is 78.1 Å². The van der Waals surface area contributed by atoms with E-state index in [9.17, 15) is 0 Å². The molecule has 0 aliphatic carbocycles. The van der Waals surface area contributed by atoms with Crippen molar-refractivity contribution >= 4 is 60.8 Å². The monoisotopic (exact) mass is 804 g/mol. The number of furan rings is 1. The SMILES string of the molecule is c1ccc(-c2ccccc2-c2c(-c3ccccc3)cccc2N(c2ccc(-c3ccc4c5ccccc5n(-c5ccccc5)c4c3)cc2)c2cccc3c2oc2ccccc23)cc1. The summed E-state index contributed by atoms with van der Waals surface area (Å²) < 4.78 is 9.21. The maximum atomic E-state index is 6.82. The molecular weight excluding hydrogens is 765 g/mol. The standard InChI is InChI=1S/C60H40N2O/c1-4-18-42(19-5-1)47-24-10-11-27-52(47)59-48(43-20-6-2-7-21-43)28-16-31-55(59)62(56-32-17-29-53-51-26-13-15-33-58(51)63-60(53)56)46-37-34-41(35-38-46)44-36-39-50-49-25-12-14-30-54(49)61(57(50)40-44)45-22-8-3-9-23-45/h1-40H. The molecule has 0 radical (unpaired) electrons. The molecule has 10 aromatic carbocycles. The maximum absolute atomic E-state index is 6.82. The number of aromatic nitrogens is 1. The summed E-state index contributed by atoms with van der Waals surface area (Å²) in [6.07, 6.45) is 0. The first-order valence-electron chi connectivity index (χ1n) is 21.5. The van der Waals surface area contributed by atoms with Gasteiger partial charge in [0.2, 0.25) is 0 Å². The van der Waals surface area contributed by atoms with E-state index in [1.165, 1.54) is 32.9 Å². The largest absolute Gasteiger partial charge is 0.454 e. The van der Waals surface area contributed by atoms with Crippen LogP contribution in [0.1, 0.15) is 0 Å². The van der Waals surface area contributed by atoms with E-state index in [0.29, 0.717) is 0 Å². The second-order valence-electron chi connectivity index (χ2n) is 16.0. The average molecular weight is 805 g/mol. The minimum atomic E-state index is 0.842. The Balaban J connectivity index is 1.09. The van der Waals surface area contributed by atoms with Gasteiger partial charge in [-0.2, -0.15) is 0 Å². The van der Waals surface area contributed by atoms with Crippen molar-refractivity contribution in [3.8, 4) is 50.2 Å². The Bertz CT molecular complexity index is 3600. The molecule has 2 heterocycles. The molecule has 296 valence electrons. The molecule has 63 heavy (non-hydrogen) atoms. The molecule has 0 saturated heterocycles. The van der Waals surface area contributed by atoms with Crippen LogP contribution in [0.25, 0.3) is 93.9 Å². The lowest BCUT2D eigenvalue weighted by Gasteiger charge is -2.30. The van der Waals surface area contributed by atoms with Crippen LogP contribution in [0.15, 0.2) is 247 Å². The molecule has 12 rings (SSSR count). The van der Waals surface area contributed by atoms with Gasteiger partial charge in [-0.1, -0.05) is 188 Å². The Morgan fingerprint density at radius 2 is 0.889 bits per heavy atom. The van der Waals surface area contributed by atoms with E-state index in [2.05, 4.69) is 246 Å². The number of rotatable bonds is 8. The van der Waals surface area contributed by atoms with Gasteiger partial charge < -0.3 is 13.9 Å². The molecule has 0 unspecified atom stereocenters. The van der Waals surface area contributed by atoms with Crippen LogP contribution in [0.3, 0.4) is 0 Å². The van der Waals surface area contributed by atoms with Gasteiger partial charge in [-0.05, 0) is 93.5 Å². The number of para-hydroxylation sites is 4. The molecule has 12 aromatic rings. The van der Waals surface area contributed by atoms with E-state index in [4.69, 9.17) is 4.42 Å². The molecule has 0 aliphatic heterocycles. The third-order valence-electron chi connectivity index (χ3n) is 12.4. The van der Waals surface area contributed by atoms with Crippen molar-refractivity contribution in [1.82, 2.24) is 4.57 Å². The zero-order valence-electron chi connectivity index (χ0n) is 34.4. The first kappa shape index (κ1) is 36.5. The number of fused-ring (bicyclic) bond motifs is 6. The van der Waals surface area contributed by atoms with Gasteiger partial charge in [-0.15, -0.1) is 0 Å². The molecule has 3 nitrogen and oxygen atoms in total. The highest BCUT2D eigenvalue weighted by atomic mass is 16.3. The molecule has 3 heteroatoms. The highest BCUT2D eigenvalue weighted by Gasteiger charge is 2.25. The van der Waals surface area contributed by atoms with Crippen molar-refractivity contribution in [3.05, 3.63) is 243 Å². The van der Waals surface area contributed by atoms with Crippen molar-refractivity contribution in [3.63, 3.8) is 0 Å². The van der Waals surface area contributed by atoms with Crippen molar-refractivity contribution in [1.29, 1.82) is 0 Å². The third kappa shape index (κ3) is 6.21. The van der Waals surface area contributed by atoms with Gasteiger partial charge in [-0.3, -0.25) is 0 Å². The lowest BCUT2D eigenvalue weighted by Crippen LogP contribution is -2.12. The maximum Gasteiger partial charge on any atom is 0.159 e. The predicted molar refractivity (Wildman–Crippen MR) is 264 cm³/mol. The fraction of sp³-hybridized carbons (Fsp3) is 0. The van der Waals surface area contributed by atoms with Gasteiger partial charge in [0.05, 0.1) is 22.4 Å². The number of benzene rings is 10. The van der Waals surface area contributed by atoms with E-state index < -0.39 is 0 Å². The van der Waals surface area contributed by atoms with Gasteiger partial charge in [0.25, 0.3) is 0 Å². The minimum Gasteiger partial charge on any atom is -0.454 e. The second kappa shape index (κ2) is 15.3. The quantitative estimate of drug-likeness (QED) is 0.153. The van der Waals surface area contributed by atoms with Crippen LogP contribution in [0.5, 0.6) is 0 Å².